The number of aliphatic imine (C=N–C) groups is 1. The van der Waals surface area contributed by atoms with Gasteiger partial charge in [-0.1, -0.05) is 57.5 Å². The second kappa shape index (κ2) is 7.93. The Morgan fingerprint density at radius 1 is 1.11 bits per heavy atom. The lowest BCUT2D eigenvalue weighted by atomic mass is 9.99. The lowest BCUT2D eigenvalue weighted by Gasteiger charge is -2.11. The third-order valence-electron chi connectivity index (χ3n) is 2.79. The molecule has 0 fully saturated rings. The minimum Gasteiger partial charge on any atom is -0.258 e. The molecule has 0 saturated carbocycles. The molecule has 0 aliphatic heterocycles. The standard InChI is InChI=1S/C18H27N/c1-14(2)11-16(5)13-18(12-15(3)4)19-17-9-7-6-8-10-17/h6-11,14-15H,12-13H2,1-5H3. The predicted octanol–water partition coefficient (Wildman–Crippen LogP) is 5.80. The van der Waals surface area contributed by atoms with E-state index in [1.165, 1.54) is 11.3 Å². The highest BCUT2D eigenvalue weighted by molar-refractivity contribution is 5.88. The van der Waals surface area contributed by atoms with Crippen LogP contribution in [0.25, 0.3) is 0 Å². The molecule has 0 aliphatic rings. The Bertz CT molecular complexity index is 424. The molecule has 0 atom stereocenters. The van der Waals surface area contributed by atoms with E-state index in [1.807, 2.05) is 18.2 Å². The van der Waals surface area contributed by atoms with Crippen LogP contribution < -0.4 is 0 Å². The molecule has 0 N–H and O–H groups in total. The second-order valence-electron chi connectivity index (χ2n) is 6.05. The average molecular weight is 257 g/mol. The van der Waals surface area contributed by atoms with Gasteiger partial charge < -0.3 is 0 Å². The van der Waals surface area contributed by atoms with Gasteiger partial charge in [0.2, 0.25) is 0 Å². The van der Waals surface area contributed by atoms with E-state index in [0.717, 1.165) is 18.5 Å². The predicted molar refractivity (Wildman–Crippen MR) is 86.2 cm³/mol. The fraction of sp³-hybridized carbons (Fsp3) is 0.500. The summed E-state index contributed by atoms with van der Waals surface area (Å²) in [4.78, 5) is 4.82. The molecule has 0 unspecified atom stereocenters. The normalized spacial score (nSPS) is 13.4. The van der Waals surface area contributed by atoms with Crippen molar-refractivity contribution in [1.29, 1.82) is 0 Å². The molecular weight excluding hydrogens is 230 g/mol. The molecule has 1 rings (SSSR count). The van der Waals surface area contributed by atoms with Gasteiger partial charge in [-0.15, -0.1) is 0 Å². The molecule has 1 nitrogen and oxygen atoms in total. The van der Waals surface area contributed by atoms with E-state index in [0.29, 0.717) is 11.8 Å². The first kappa shape index (κ1) is 15.7. The van der Waals surface area contributed by atoms with Crippen LogP contribution in [0.3, 0.4) is 0 Å². The Hall–Kier alpha value is -1.37. The van der Waals surface area contributed by atoms with Gasteiger partial charge in [0, 0.05) is 12.1 Å². The highest BCUT2D eigenvalue weighted by Gasteiger charge is 2.05. The van der Waals surface area contributed by atoms with Crippen molar-refractivity contribution in [3.63, 3.8) is 0 Å². The summed E-state index contributed by atoms with van der Waals surface area (Å²) < 4.78 is 0. The number of hydrogen-bond acceptors (Lipinski definition) is 1. The molecule has 1 heteroatoms. The fourth-order valence-electron chi connectivity index (χ4n) is 2.26. The molecule has 1 aromatic carbocycles. The first-order valence-electron chi connectivity index (χ1n) is 7.26. The van der Waals surface area contributed by atoms with E-state index >= 15 is 0 Å². The highest BCUT2D eigenvalue weighted by atomic mass is 14.7. The molecule has 19 heavy (non-hydrogen) atoms. The minimum atomic E-state index is 0.608. The maximum absolute atomic E-state index is 4.82. The third-order valence-corrected chi connectivity index (χ3v) is 2.79. The zero-order chi connectivity index (χ0) is 14.3. The van der Waals surface area contributed by atoms with Crippen LogP contribution in [-0.2, 0) is 0 Å². The van der Waals surface area contributed by atoms with Crippen molar-refractivity contribution in [2.24, 2.45) is 16.8 Å². The van der Waals surface area contributed by atoms with Crippen LogP contribution >= 0.6 is 0 Å². The van der Waals surface area contributed by atoms with E-state index in [4.69, 9.17) is 4.99 Å². The van der Waals surface area contributed by atoms with E-state index in [1.54, 1.807) is 0 Å². The quantitative estimate of drug-likeness (QED) is 0.451. The Balaban J connectivity index is 2.86. The smallest absolute Gasteiger partial charge is 0.0629 e. The Morgan fingerprint density at radius 3 is 2.26 bits per heavy atom. The molecule has 0 radical (unpaired) electrons. The Kier molecular flexibility index (Phi) is 6.55. The summed E-state index contributed by atoms with van der Waals surface area (Å²) in [7, 11) is 0. The Labute approximate surface area is 118 Å². The summed E-state index contributed by atoms with van der Waals surface area (Å²) in [5, 5.41) is 0. The van der Waals surface area contributed by atoms with Gasteiger partial charge in [-0.2, -0.15) is 0 Å². The summed E-state index contributed by atoms with van der Waals surface area (Å²) >= 11 is 0. The SMILES string of the molecule is CC(=CC(C)C)CC(CC(C)C)=Nc1ccccc1. The van der Waals surface area contributed by atoms with Crippen molar-refractivity contribution in [1.82, 2.24) is 0 Å². The van der Waals surface area contributed by atoms with Gasteiger partial charge in [0.05, 0.1) is 5.69 Å². The summed E-state index contributed by atoms with van der Waals surface area (Å²) in [6.45, 7) is 11.2. The lowest BCUT2D eigenvalue weighted by Crippen LogP contribution is -2.04. The first-order chi connectivity index (χ1) is 8.97. The zero-order valence-corrected chi connectivity index (χ0v) is 13.0. The maximum Gasteiger partial charge on any atom is 0.0629 e. The molecule has 1 aromatic rings. The van der Waals surface area contributed by atoms with Crippen molar-refractivity contribution in [3.05, 3.63) is 42.0 Å². The summed E-state index contributed by atoms with van der Waals surface area (Å²) in [6.07, 6.45) is 4.39. The molecule has 0 heterocycles. The molecule has 0 amide bonds. The summed E-state index contributed by atoms with van der Waals surface area (Å²) in [5.74, 6) is 1.26. The van der Waals surface area contributed by atoms with Crippen LogP contribution in [0.4, 0.5) is 5.69 Å². The maximum atomic E-state index is 4.82. The largest absolute Gasteiger partial charge is 0.258 e. The first-order valence-corrected chi connectivity index (χ1v) is 7.26. The van der Waals surface area contributed by atoms with Gasteiger partial charge >= 0.3 is 0 Å². The average Bonchev–Trinajstić information content (AvgIpc) is 2.27. The number of benzene rings is 1. The topological polar surface area (TPSA) is 12.4 Å². The lowest BCUT2D eigenvalue weighted by molar-refractivity contribution is 0.678. The van der Waals surface area contributed by atoms with Crippen molar-refractivity contribution in [2.45, 2.75) is 47.5 Å². The van der Waals surface area contributed by atoms with Crippen molar-refractivity contribution in [3.8, 4) is 0 Å². The van der Waals surface area contributed by atoms with Gasteiger partial charge in [-0.3, -0.25) is 4.99 Å². The molecule has 104 valence electrons. The van der Waals surface area contributed by atoms with E-state index in [2.05, 4.69) is 52.8 Å². The zero-order valence-electron chi connectivity index (χ0n) is 13.0. The monoisotopic (exact) mass is 257 g/mol. The van der Waals surface area contributed by atoms with Gasteiger partial charge in [-0.05, 0) is 37.3 Å². The highest BCUT2D eigenvalue weighted by Crippen LogP contribution is 2.17. The van der Waals surface area contributed by atoms with E-state index < -0.39 is 0 Å². The van der Waals surface area contributed by atoms with Crippen molar-refractivity contribution >= 4 is 11.4 Å². The third kappa shape index (κ3) is 6.95. The van der Waals surface area contributed by atoms with Crippen LogP contribution in [0.2, 0.25) is 0 Å². The number of hydrogen-bond donors (Lipinski definition) is 0. The Morgan fingerprint density at radius 2 is 1.74 bits per heavy atom. The summed E-state index contributed by atoms with van der Waals surface area (Å²) in [6, 6.07) is 10.3. The van der Waals surface area contributed by atoms with Gasteiger partial charge in [0.15, 0.2) is 0 Å². The second-order valence-corrected chi connectivity index (χ2v) is 6.05. The molecule has 0 saturated heterocycles. The van der Waals surface area contributed by atoms with Gasteiger partial charge in [-0.25, -0.2) is 0 Å². The van der Waals surface area contributed by atoms with Crippen LogP contribution in [-0.4, -0.2) is 5.71 Å². The summed E-state index contributed by atoms with van der Waals surface area (Å²) in [5.41, 5.74) is 3.77. The van der Waals surface area contributed by atoms with Crippen LogP contribution in [0, 0.1) is 11.8 Å². The van der Waals surface area contributed by atoms with E-state index in [-0.39, 0.29) is 0 Å². The van der Waals surface area contributed by atoms with Gasteiger partial charge in [0.1, 0.15) is 0 Å². The van der Waals surface area contributed by atoms with Crippen molar-refractivity contribution in [2.75, 3.05) is 0 Å². The van der Waals surface area contributed by atoms with E-state index in [9.17, 15) is 0 Å². The fourth-order valence-corrected chi connectivity index (χ4v) is 2.26. The number of allylic oxidation sites excluding steroid dienone is 2. The van der Waals surface area contributed by atoms with Gasteiger partial charge in [0.25, 0.3) is 0 Å². The molecule has 0 aromatic heterocycles. The molecular formula is C18H27N. The number of para-hydroxylation sites is 1. The molecule has 0 spiro atoms. The van der Waals surface area contributed by atoms with Crippen LogP contribution in [0.1, 0.15) is 47.5 Å². The molecule has 0 bridgehead atoms. The van der Waals surface area contributed by atoms with Crippen molar-refractivity contribution < 1.29 is 0 Å². The number of rotatable bonds is 6. The van der Waals surface area contributed by atoms with Crippen LogP contribution in [0.5, 0.6) is 0 Å². The minimum absolute atomic E-state index is 0.608. The van der Waals surface area contributed by atoms with Crippen LogP contribution in [0.15, 0.2) is 47.0 Å². The number of nitrogens with zero attached hydrogens (tertiary/aromatic N) is 1. The molecule has 0 aliphatic carbocycles.